The van der Waals surface area contributed by atoms with Crippen molar-refractivity contribution < 1.29 is 8.42 Å². The predicted molar refractivity (Wildman–Crippen MR) is 90.6 cm³/mol. The molecule has 22 heavy (non-hydrogen) atoms. The Morgan fingerprint density at radius 2 is 2.14 bits per heavy atom. The molecule has 4 nitrogen and oxygen atoms in total. The minimum atomic E-state index is -3.57. The zero-order chi connectivity index (χ0) is 15.9. The number of aromatic amines is 1. The summed E-state index contributed by atoms with van der Waals surface area (Å²) in [5, 5.41) is 1.38. The van der Waals surface area contributed by atoms with Crippen LogP contribution in [0, 0.1) is 6.92 Å². The molecule has 1 aromatic carbocycles. The number of sulfone groups is 1. The van der Waals surface area contributed by atoms with Crippen molar-refractivity contribution >= 4 is 43.0 Å². The fourth-order valence-electron chi connectivity index (χ4n) is 2.43. The Morgan fingerprint density at radius 1 is 1.36 bits per heavy atom. The molecule has 0 bridgehead atoms. The van der Waals surface area contributed by atoms with Gasteiger partial charge in [-0.1, -0.05) is 17.7 Å². The van der Waals surface area contributed by atoms with Gasteiger partial charge in [0.15, 0.2) is 0 Å². The van der Waals surface area contributed by atoms with E-state index in [0.717, 1.165) is 15.8 Å². The van der Waals surface area contributed by atoms with Gasteiger partial charge in [-0.2, -0.15) is 0 Å². The monoisotopic (exact) mass is 354 g/mol. The summed E-state index contributed by atoms with van der Waals surface area (Å²) in [6, 6.07) is 6.65. The second kappa shape index (κ2) is 5.70. The maximum atomic E-state index is 12.9. The van der Waals surface area contributed by atoms with Crippen molar-refractivity contribution in [3.63, 3.8) is 0 Å². The number of H-pyrrole nitrogens is 1. The molecule has 0 amide bonds. The molecular weight excluding hydrogens is 340 g/mol. The highest BCUT2D eigenvalue weighted by molar-refractivity contribution is 7.93. The average molecular weight is 355 g/mol. The molecule has 0 saturated heterocycles. The lowest BCUT2D eigenvalue weighted by Gasteiger charge is -2.07. The van der Waals surface area contributed by atoms with Crippen molar-refractivity contribution in [1.29, 1.82) is 0 Å². The largest absolute Gasteiger partial charge is 0.353 e. The lowest BCUT2D eigenvalue weighted by molar-refractivity contribution is 0.597. The number of fused-ring (bicyclic) bond motifs is 1. The van der Waals surface area contributed by atoms with E-state index >= 15 is 0 Å². The van der Waals surface area contributed by atoms with Crippen molar-refractivity contribution in [3.05, 3.63) is 46.6 Å². The molecule has 0 atom stereocenters. The van der Waals surface area contributed by atoms with Crippen LogP contribution in [0.3, 0.4) is 0 Å². The molecule has 116 valence electrons. The highest BCUT2D eigenvalue weighted by Gasteiger charge is 2.24. The van der Waals surface area contributed by atoms with Gasteiger partial charge in [-0.15, -0.1) is 11.3 Å². The minimum Gasteiger partial charge on any atom is -0.353 e. The van der Waals surface area contributed by atoms with E-state index in [9.17, 15) is 8.42 Å². The van der Waals surface area contributed by atoms with Gasteiger partial charge in [0.25, 0.3) is 0 Å². The number of benzene rings is 1. The van der Waals surface area contributed by atoms with Crippen LogP contribution >= 0.6 is 22.9 Å². The highest BCUT2D eigenvalue weighted by atomic mass is 35.5. The van der Waals surface area contributed by atoms with Gasteiger partial charge in [0.05, 0.1) is 4.90 Å². The van der Waals surface area contributed by atoms with Gasteiger partial charge in [-0.05, 0) is 49.2 Å². The first-order chi connectivity index (χ1) is 10.4. The number of aromatic nitrogens is 1. The Balaban J connectivity index is 2.15. The number of hydrogen-bond acceptors (Lipinski definition) is 4. The van der Waals surface area contributed by atoms with E-state index < -0.39 is 9.84 Å². The molecule has 7 heteroatoms. The summed E-state index contributed by atoms with van der Waals surface area (Å²) in [5.41, 5.74) is 7.20. The molecule has 0 aliphatic heterocycles. The van der Waals surface area contributed by atoms with E-state index in [-0.39, 0.29) is 4.90 Å². The molecule has 2 heterocycles. The zero-order valence-electron chi connectivity index (χ0n) is 11.9. The smallest absolute Gasteiger partial charge is 0.216 e. The van der Waals surface area contributed by atoms with Crippen LogP contribution in [-0.2, 0) is 16.3 Å². The van der Waals surface area contributed by atoms with E-state index in [1.54, 1.807) is 31.2 Å². The molecule has 3 aromatic rings. The Bertz CT molecular complexity index is 942. The molecular formula is C15H15ClN2O2S2. The number of hydrogen-bond donors (Lipinski definition) is 2. The van der Waals surface area contributed by atoms with E-state index in [1.165, 1.54) is 11.3 Å². The second-order valence-corrected chi connectivity index (χ2v) is 8.63. The summed E-state index contributed by atoms with van der Waals surface area (Å²) in [6.45, 7) is 2.24. The topological polar surface area (TPSA) is 75.9 Å². The predicted octanol–water partition coefficient (Wildman–Crippen LogP) is 3.53. The van der Waals surface area contributed by atoms with Crippen molar-refractivity contribution in [2.24, 2.45) is 5.73 Å². The van der Waals surface area contributed by atoms with E-state index in [1.807, 2.05) is 6.20 Å². The van der Waals surface area contributed by atoms with Crippen LogP contribution in [0.2, 0.25) is 5.02 Å². The third kappa shape index (κ3) is 2.46. The third-order valence-electron chi connectivity index (χ3n) is 3.62. The van der Waals surface area contributed by atoms with Gasteiger partial charge >= 0.3 is 0 Å². The van der Waals surface area contributed by atoms with Gasteiger partial charge in [-0.3, -0.25) is 0 Å². The Hall–Kier alpha value is -1.34. The standard InChI is InChI=1S/C15H15ClN2O2S2/c1-9-12(16)3-2-4-13(9)22(19,20)14-7-11-10(5-6-17)8-18-15(11)21-14/h2-4,7-8,18H,5-6,17H2,1H3. The number of halogens is 1. The molecule has 0 saturated carbocycles. The number of thiophene rings is 1. The van der Waals surface area contributed by atoms with Gasteiger partial charge in [0.2, 0.25) is 9.84 Å². The molecule has 3 N–H and O–H groups in total. The molecule has 0 aliphatic carbocycles. The third-order valence-corrected chi connectivity index (χ3v) is 7.47. The normalized spacial score (nSPS) is 12.1. The van der Waals surface area contributed by atoms with Gasteiger partial charge in [0, 0.05) is 16.6 Å². The van der Waals surface area contributed by atoms with Gasteiger partial charge < -0.3 is 10.7 Å². The quantitative estimate of drug-likeness (QED) is 0.752. The zero-order valence-corrected chi connectivity index (χ0v) is 14.3. The fourth-order valence-corrected chi connectivity index (χ4v) is 5.67. The van der Waals surface area contributed by atoms with Crippen LogP contribution in [0.4, 0.5) is 0 Å². The molecule has 0 fully saturated rings. The van der Waals surface area contributed by atoms with Gasteiger partial charge in [0.1, 0.15) is 9.04 Å². The number of nitrogens with two attached hydrogens (primary N) is 1. The van der Waals surface area contributed by atoms with Crippen LogP contribution in [0.25, 0.3) is 10.2 Å². The Labute approximate surface area is 137 Å². The maximum absolute atomic E-state index is 12.9. The molecule has 3 rings (SSSR count). The second-order valence-electron chi connectivity index (χ2n) is 5.03. The summed E-state index contributed by atoms with van der Waals surface area (Å²) >= 11 is 7.28. The van der Waals surface area contributed by atoms with Crippen molar-refractivity contribution in [1.82, 2.24) is 4.98 Å². The number of nitrogens with one attached hydrogen (secondary N) is 1. The summed E-state index contributed by atoms with van der Waals surface area (Å²) in [4.78, 5) is 4.22. The molecule has 0 spiro atoms. The molecule has 2 aromatic heterocycles. The molecule has 0 unspecified atom stereocenters. The van der Waals surface area contributed by atoms with Gasteiger partial charge in [-0.25, -0.2) is 8.42 Å². The first-order valence-corrected chi connectivity index (χ1v) is 9.43. The van der Waals surface area contributed by atoms with E-state index in [4.69, 9.17) is 17.3 Å². The van der Waals surface area contributed by atoms with Crippen LogP contribution in [0.1, 0.15) is 11.1 Å². The number of rotatable bonds is 4. The SMILES string of the molecule is Cc1c(Cl)cccc1S(=O)(=O)c1cc2c(CCN)c[nH]c2s1. The minimum absolute atomic E-state index is 0.254. The van der Waals surface area contributed by atoms with Crippen LogP contribution < -0.4 is 5.73 Å². The van der Waals surface area contributed by atoms with Crippen LogP contribution in [0.15, 0.2) is 39.6 Å². The lowest BCUT2D eigenvalue weighted by Crippen LogP contribution is -2.03. The van der Waals surface area contributed by atoms with E-state index in [0.29, 0.717) is 27.8 Å². The lowest BCUT2D eigenvalue weighted by atomic mass is 10.2. The first kappa shape index (κ1) is 15.6. The first-order valence-electron chi connectivity index (χ1n) is 6.75. The van der Waals surface area contributed by atoms with Crippen molar-refractivity contribution in [3.8, 4) is 0 Å². The van der Waals surface area contributed by atoms with E-state index in [2.05, 4.69) is 4.98 Å². The maximum Gasteiger partial charge on any atom is 0.216 e. The Kier molecular flexibility index (Phi) is 4.03. The fraction of sp³-hybridized carbons (Fsp3) is 0.200. The summed E-state index contributed by atoms with van der Waals surface area (Å²) in [7, 11) is -3.57. The summed E-state index contributed by atoms with van der Waals surface area (Å²) in [5.74, 6) is 0. The molecule has 0 aliphatic rings. The summed E-state index contributed by atoms with van der Waals surface area (Å²) < 4.78 is 26.0. The van der Waals surface area contributed by atoms with Crippen molar-refractivity contribution in [2.45, 2.75) is 22.4 Å². The van der Waals surface area contributed by atoms with Crippen LogP contribution in [-0.4, -0.2) is 19.9 Å². The average Bonchev–Trinajstić information content (AvgIpc) is 3.04. The Morgan fingerprint density at radius 3 is 2.86 bits per heavy atom. The van der Waals surface area contributed by atoms with Crippen molar-refractivity contribution in [2.75, 3.05) is 6.54 Å². The molecule has 0 radical (unpaired) electrons. The van der Waals surface area contributed by atoms with Crippen LogP contribution in [0.5, 0.6) is 0 Å². The highest BCUT2D eigenvalue weighted by Crippen LogP contribution is 2.36. The summed E-state index contributed by atoms with van der Waals surface area (Å²) in [6.07, 6.45) is 2.60.